The van der Waals surface area contributed by atoms with Crippen LogP contribution in [0.2, 0.25) is 0 Å². The average Bonchev–Trinajstić information content (AvgIpc) is 2.06. The third-order valence-corrected chi connectivity index (χ3v) is 0.459. The molecule has 0 saturated heterocycles. The molecule has 6 nitrogen and oxygen atoms in total. The van der Waals surface area contributed by atoms with E-state index in [-0.39, 0.29) is 19.6 Å². The summed E-state index contributed by atoms with van der Waals surface area (Å²) in [5.41, 5.74) is 0. The normalized spacial score (nSPS) is 8.83. The van der Waals surface area contributed by atoms with Gasteiger partial charge in [0.25, 0.3) is 12.9 Å². The van der Waals surface area contributed by atoms with Crippen LogP contribution < -0.4 is 0 Å². The van der Waals surface area contributed by atoms with Gasteiger partial charge in [0.15, 0.2) is 0 Å². The second-order valence-corrected chi connectivity index (χ2v) is 1.20. The summed E-state index contributed by atoms with van der Waals surface area (Å²) in [5, 5.41) is 30.1. The van der Waals surface area contributed by atoms with Crippen LogP contribution in [0.5, 0.6) is 0 Å². The van der Waals surface area contributed by atoms with Crippen molar-refractivity contribution < 1.29 is 30.0 Å². The Morgan fingerprint density at radius 1 is 1.25 bits per heavy atom. The SMILES string of the molecule is C=CC(O)CO.O=CO.O=CO. The van der Waals surface area contributed by atoms with Gasteiger partial charge >= 0.3 is 0 Å². The van der Waals surface area contributed by atoms with Crippen LogP contribution in [0.15, 0.2) is 12.7 Å². The molecule has 0 aromatic carbocycles. The van der Waals surface area contributed by atoms with Gasteiger partial charge in [0.05, 0.1) is 12.7 Å². The van der Waals surface area contributed by atoms with Crippen molar-refractivity contribution in [1.29, 1.82) is 0 Å². The van der Waals surface area contributed by atoms with Gasteiger partial charge in [0.2, 0.25) is 0 Å². The molecule has 72 valence electrons. The first-order valence-electron chi connectivity index (χ1n) is 2.71. The highest BCUT2D eigenvalue weighted by Gasteiger charge is 1.87. The maximum Gasteiger partial charge on any atom is 0.290 e. The van der Waals surface area contributed by atoms with Crippen molar-refractivity contribution in [2.75, 3.05) is 6.61 Å². The molecule has 0 aromatic heterocycles. The number of hydrogen-bond acceptors (Lipinski definition) is 4. The summed E-state index contributed by atoms with van der Waals surface area (Å²) in [7, 11) is 0. The van der Waals surface area contributed by atoms with Crippen molar-refractivity contribution in [3.8, 4) is 0 Å². The second kappa shape index (κ2) is 22.6. The fraction of sp³-hybridized carbons (Fsp3) is 0.333. The van der Waals surface area contributed by atoms with Crippen molar-refractivity contribution in [1.82, 2.24) is 0 Å². The number of rotatable bonds is 2. The lowest BCUT2D eigenvalue weighted by atomic mass is 10.4. The molecule has 0 aliphatic heterocycles. The van der Waals surface area contributed by atoms with E-state index in [4.69, 9.17) is 30.0 Å². The minimum atomic E-state index is -0.745. The Morgan fingerprint density at radius 3 is 1.50 bits per heavy atom. The molecule has 0 rings (SSSR count). The van der Waals surface area contributed by atoms with E-state index in [0.717, 1.165) is 0 Å². The van der Waals surface area contributed by atoms with E-state index in [1.807, 2.05) is 0 Å². The maximum atomic E-state index is 8.36. The highest BCUT2D eigenvalue weighted by Crippen LogP contribution is 1.75. The minimum Gasteiger partial charge on any atom is -0.483 e. The van der Waals surface area contributed by atoms with E-state index >= 15 is 0 Å². The molecule has 12 heavy (non-hydrogen) atoms. The van der Waals surface area contributed by atoms with Crippen LogP contribution in [0.4, 0.5) is 0 Å². The van der Waals surface area contributed by atoms with Crippen molar-refractivity contribution in [3.05, 3.63) is 12.7 Å². The van der Waals surface area contributed by atoms with Gasteiger partial charge in [-0.15, -0.1) is 6.58 Å². The topological polar surface area (TPSA) is 115 Å². The smallest absolute Gasteiger partial charge is 0.290 e. The molecule has 0 saturated carbocycles. The van der Waals surface area contributed by atoms with Crippen LogP contribution in [0.1, 0.15) is 0 Å². The maximum absolute atomic E-state index is 8.36. The first-order chi connectivity index (χ1) is 5.64. The lowest BCUT2D eigenvalue weighted by molar-refractivity contribution is -0.123. The van der Waals surface area contributed by atoms with Gasteiger partial charge in [-0.1, -0.05) is 6.08 Å². The summed E-state index contributed by atoms with van der Waals surface area (Å²) in [6, 6.07) is 0. The summed E-state index contributed by atoms with van der Waals surface area (Å²) in [4.78, 5) is 16.7. The molecule has 4 N–H and O–H groups in total. The van der Waals surface area contributed by atoms with E-state index in [2.05, 4.69) is 6.58 Å². The molecule has 0 aliphatic rings. The van der Waals surface area contributed by atoms with Crippen molar-refractivity contribution in [3.63, 3.8) is 0 Å². The molecule has 0 aromatic rings. The summed E-state index contributed by atoms with van der Waals surface area (Å²) in [6.45, 7) is 2.49. The predicted octanol–water partition coefficient (Wildman–Crippen LogP) is -1.07. The van der Waals surface area contributed by atoms with Crippen LogP contribution in [0, 0.1) is 0 Å². The van der Waals surface area contributed by atoms with Crippen LogP contribution in [0.3, 0.4) is 0 Å². The third-order valence-electron chi connectivity index (χ3n) is 0.459. The van der Waals surface area contributed by atoms with Gasteiger partial charge in [-0.05, 0) is 0 Å². The Labute approximate surface area is 69.4 Å². The Morgan fingerprint density at radius 2 is 1.50 bits per heavy atom. The monoisotopic (exact) mass is 180 g/mol. The minimum absolute atomic E-state index is 0.233. The van der Waals surface area contributed by atoms with Gasteiger partial charge in [0, 0.05) is 0 Å². The van der Waals surface area contributed by atoms with Crippen LogP contribution >= 0.6 is 0 Å². The Hall–Kier alpha value is -1.40. The molecule has 6 heteroatoms. The fourth-order valence-corrected chi connectivity index (χ4v) is 0.0745. The van der Waals surface area contributed by atoms with Crippen LogP contribution in [0.25, 0.3) is 0 Å². The van der Waals surface area contributed by atoms with Gasteiger partial charge in [-0.25, -0.2) is 0 Å². The molecule has 0 bridgehead atoms. The van der Waals surface area contributed by atoms with E-state index in [0.29, 0.717) is 0 Å². The van der Waals surface area contributed by atoms with Crippen LogP contribution in [-0.4, -0.2) is 46.1 Å². The Bertz CT molecular complexity index is 96.2. The van der Waals surface area contributed by atoms with Crippen LogP contribution in [-0.2, 0) is 9.59 Å². The molecule has 0 spiro atoms. The molecule has 1 atom stereocenters. The average molecular weight is 180 g/mol. The fourth-order valence-electron chi connectivity index (χ4n) is 0.0745. The van der Waals surface area contributed by atoms with E-state index in [9.17, 15) is 0 Å². The first-order valence-corrected chi connectivity index (χ1v) is 2.71. The number of aliphatic hydroxyl groups excluding tert-OH is 2. The largest absolute Gasteiger partial charge is 0.483 e. The quantitative estimate of drug-likeness (QED) is 0.317. The molecule has 1 unspecified atom stereocenters. The lowest BCUT2D eigenvalue weighted by Gasteiger charge is -1.93. The molecule has 0 aliphatic carbocycles. The summed E-state index contributed by atoms with van der Waals surface area (Å²) in [5.74, 6) is 0. The van der Waals surface area contributed by atoms with E-state index in [1.165, 1.54) is 6.08 Å². The third kappa shape index (κ3) is 73.5. The highest BCUT2D eigenvalue weighted by molar-refractivity contribution is 5.32. The number of hydrogen-bond donors (Lipinski definition) is 4. The second-order valence-electron chi connectivity index (χ2n) is 1.20. The predicted molar refractivity (Wildman–Crippen MR) is 40.7 cm³/mol. The number of carboxylic acid groups (broad SMARTS) is 2. The number of aliphatic hydroxyl groups is 2. The first kappa shape index (κ1) is 16.9. The summed E-state index contributed by atoms with van der Waals surface area (Å²) >= 11 is 0. The summed E-state index contributed by atoms with van der Waals surface area (Å²) in [6.07, 6.45) is 0.532. The molecular weight excluding hydrogens is 168 g/mol. The standard InChI is InChI=1S/C4H8O2.2CH2O2/c1-2-4(6)3-5;2*2-1-3/h2,4-6H,1,3H2;2*1H,(H,2,3). The molecular formula is C6H12O6. The highest BCUT2D eigenvalue weighted by atomic mass is 16.3. The van der Waals surface area contributed by atoms with Crippen molar-refractivity contribution in [2.24, 2.45) is 0 Å². The Kier molecular flexibility index (Phi) is 31.9. The molecule has 0 radical (unpaired) electrons. The molecule has 0 heterocycles. The zero-order valence-corrected chi connectivity index (χ0v) is 6.33. The van der Waals surface area contributed by atoms with E-state index < -0.39 is 6.10 Å². The molecule has 0 fully saturated rings. The van der Waals surface area contributed by atoms with Gasteiger partial charge in [0.1, 0.15) is 0 Å². The summed E-state index contributed by atoms with van der Waals surface area (Å²) < 4.78 is 0. The lowest BCUT2D eigenvalue weighted by Crippen LogP contribution is -2.05. The molecule has 0 amide bonds. The van der Waals surface area contributed by atoms with Gasteiger partial charge in [-0.2, -0.15) is 0 Å². The van der Waals surface area contributed by atoms with Gasteiger partial charge < -0.3 is 20.4 Å². The zero-order valence-electron chi connectivity index (χ0n) is 6.33. The number of carbonyl (C=O) groups is 2. The van der Waals surface area contributed by atoms with Crippen molar-refractivity contribution >= 4 is 12.9 Å². The Balaban J connectivity index is -0.000000115. The van der Waals surface area contributed by atoms with Crippen molar-refractivity contribution in [2.45, 2.75) is 6.10 Å². The van der Waals surface area contributed by atoms with E-state index in [1.54, 1.807) is 0 Å². The van der Waals surface area contributed by atoms with Gasteiger partial charge in [-0.3, -0.25) is 9.59 Å². The zero-order chi connectivity index (χ0) is 10.4.